The summed E-state index contributed by atoms with van der Waals surface area (Å²) in [5, 5.41) is 2.81. The fourth-order valence-electron chi connectivity index (χ4n) is 3.27. The van der Waals surface area contributed by atoms with Crippen molar-refractivity contribution in [2.24, 2.45) is 0 Å². The van der Waals surface area contributed by atoms with Gasteiger partial charge in [0.25, 0.3) is 5.91 Å². The average molecular weight is 365 g/mol. The summed E-state index contributed by atoms with van der Waals surface area (Å²) in [6.45, 7) is 4.56. The van der Waals surface area contributed by atoms with Crippen molar-refractivity contribution in [1.29, 1.82) is 0 Å². The molecule has 26 heavy (non-hydrogen) atoms. The van der Waals surface area contributed by atoms with Crippen molar-refractivity contribution in [3.63, 3.8) is 0 Å². The van der Waals surface area contributed by atoms with E-state index in [2.05, 4.69) is 10.3 Å². The predicted molar refractivity (Wildman–Crippen MR) is 92.5 cm³/mol. The van der Waals surface area contributed by atoms with Crippen LogP contribution in [0.4, 0.5) is 0 Å². The van der Waals surface area contributed by atoms with E-state index in [1.807, 2.05) is 6.92 Å². The summed E-state index contributed by atoms with van der Waals surface area (Å²) in [4.78, 5) is 30.3. The highest BCUT2D eigenvalue weighted by Crippen LogP contribution is 2.16. The second-order valence-electron chi connectivity index (χ2n) is 6.73. The quantitative estimate of drug-likeness (QED) is 0.750. The van der Waals surface area contributed by atoms with Gasteiger partial charge in [-0.3, -0.25) is 9.59 Å². The molecule has 0 aromatic carbocycles. The topological polar surface area (TPSA) is 93.9 Å². The van der Waals surface area contributed by atoms with Crippen LogP contribution in [0.15, 0.2) is 10.7 Å². The number of hydrogen-bond donors (Lipinski definition) is 1. The second kappa shape index (κ2) is 9.14. The van der Waals surface area contributed by atoms with Crippen molar-refractivity contribution in [3.05, 3.63) is 17.8 Å². The minimum absolute atomic E-state index is 0.0167. The summed E-state index contributed by atoms with van der Waals surface area (Å²) in [5.74, 6) is 0.0816. The average Bonchev–Trinajstić information content (AvgIpc) is 3.40. The lowest BCUT2D eigenvalue weighted by Gasteiger charge is -2.23. The summed E-state index contributed by atoms with van der Waals surface area (Å²) in [6.07, 6.45) is 5.85. The third kappa shape index (κ3) is 5.04. The normalized spacial score (nSPS) is 22.5. The van der Waals surface area contributed by atoms with Crippen LogP contribution in [0.3, 0.4) is 0 Å². The van der Waals surface area contributed by atoms with Crippen molar-refractivity contribution in [3.8, 4) is 0 Å². The third-order valence-electron chi connectivity index (χ3n) is 4.73. The van der Waals surface area contributed by atoms with Crippen LogP contribution in [-0.2, 0) is 20.8 Å². The monoisotopic (exact) mass is 365 g/mol. The van der Waals surface area contributed by atoms with Crippen LogP contribution in [0.2, 0.25) is 0 Å². The molecular weight excluding hydrogens is 338 g/mol. The Morgan fingerprint density at radius 2 is 1.96 bits per heavy atom. The molecule has 1 aromatic heterocycles. The molecule has 3 heterocycles. The number of oxazole rings is 1. The molecular formula is C18H27N3O5. The van der Waals surface area contributed by atoms with E-state index >= 15 is 0 Å². The van der Waals surface area contributed by atoms with Crippen LogP contribution in [0.5, 0.6) is 0 Å². The molecule has 2 amide bonds. The summed E-state index contributed by atoms with van der Waals surface area (Å²) >= 11 is 0. The number of aromatic nitrogens is 1. The maximum atomic E-state index is 12.2. The van der Waals surface area contributed by atoms with E-state index in [1.165, 1.54) is 6.26 Å². The van der Waals surface area contributed by atoms with Crippen molar-refractivity contribution < 1.29 is 23.5 Å². The largest absolute Gasteiger partial charge is 0.446 e. The third-order valence-corrected chi connectivity index (χ3v) is 4.73. The number of nitrogens with one attached hydrogen (secondary N) is 1. The lowest BCUT2D eigenvalue weighted by molar-refractivity contribution is -0.133. The van der Waals surface area contributed by atoms with Gasteiger partial charge in [-0.05, 0) is 25.7 Å². The van der Waals surface area contributed by atoms with E-state index in [1.54, 1.807) is 4.90 Å². The minimum atomic E-state index is -0.289. The van der Waals surface area contributed by atoms with Crippen LogP contribution in [0, 0.1) is 0 Å². The van der Waals surface area contributed by atoms with E-state index in [-0.39, 0.29) is 36.3 Å². The van der Waals surface area contributed by atoms with Gasteiger partial charge < -0.3 is 24.1 Å². The molecule has 2 atom stereocenters. The SMILES string of the molecule is CCC(=O)N(Cc1nc(C(=O)NCC2CCCO2)co1)CC1CCCO1. The van der Waals surface area contributed by atoms with Gasteiger partial charge >= 0.3 is 0 Å². The predicted octanol–water partition coefficient (Wildman–Crippen LogP) is 1.50. The molecule has 0 saturated carbocycles. The Hall–Kier alpha value is -1.93. The molecule has 0 aliphatic carbocycles. The van der Waals surface area contributed by atoms with Gasteiger partial charge in [-0.25, -0.2) is 4.98 Å². The van der Waals surface area contributed by atoms with Gasteiger partial charge in [-0.1, -0.05) is 6.92 Å². The van der Waals surface area contributed by atoms with Crippen LogP contribution < -0.4 is 5.32 Å². The van der Waals surface area contributed by atoms with E-state index in [9.17, 15) is 9.59 Å². The molecule has 3 rings (SSSR count). The lowest BCUT2D eigenvalue weighted by atomic mass is 10.2. The fourth-order valence-corrected chi connectivity index (χ4v) is 3.27. The molecule has 8 heteroatoms. The number of hydrogen-bond acceptors (Lipinski definition) is 6. The first kappa shape index (κ1) is 18.8. The highest BCUT2D eigenvalue weighted by atomic mass is 16.5. The van der Waals surface area contributed by atoms with Crippen LogP contribution in [-0.4, -0.2) is 60.2 Å². The Morgan fingerprint density at radius 1 is 1.23 bits per heavy atom. The first-order valence-corrected chi connectivity index (χ1v) is 9.39. The zero-order chi connectivity index (χ0) is 18.4. The number of carbonyl (C=O) groups is 2. The molecule has 0 spiro atoms. The summed E-state index contributed by atoms with van der Waals surface area (Å²) in [5.41, 5.74) is 0.221. The van der Waals surface area contributed by atoms with E-state index < -0.39 is 0 Å². The lowest BCUT2D eigenvalue weighted by Crippen LogP contribution is -2.36. The van der Waals surface area contributed by atoms with Gasteiger partial charge in [0.05, 0.1) is 18.8 Å². The van der Waals surface area contributed by atoms with Gasteiger partial charge in [0, 0.05) is 32.7 Å². The zero-order valence-corrected chi connectivity index (χ0v) is 15.2. The number of amides is 2. The van der Waals surface area contributed by atoms with Crippen molar-refractivity contribution in [2.75, 3.05) is 26.3 Å². The molecule has 8 nitrogen and oxygen atoms in total. The molecule has 2 fully saturated rings. The van der Waals surface area contributed by atoms with Crippen molar-refractivity contribution >= 4 is 11.8 Å². The highest BCUT2D eigenvalue weighted by molar-refractivity contribution is 5.91. The van der Waals surface area contributed by atoms with E-state index in [0.29, 0.717) is 25.4 Å². The highest BCUT2D eigenvalue weighted by Gasteiger charge is 2.24. The zero-order valence-electron chi connectivity index (χ0n) is 15.2. The number of carbonyl (C=O) groups excluding carboxylic acids is 2. The van der Waals surface area contributed by atoms with Gasteiger partial charge in [0.15, 0.2) is 5.69 Å². The molecule has 2 saturated heterocycles. The smallest absolute Gasteiger partial charge is 0.273 e. The standard InChI is InChI=1S/C18H27N3O5/c1-2-17(22)21(10-14-6-4-8-25-14)11-16-20-15(12-26-16)18(23)19-9-13-5-3-7-24-13/h12-14H,2-11H2,1H3,(H,19,23). The van der Waals surface area contributed by atoms with Gasteiger partial charge in [-0.15, -0.1) is 0 Å². The number of ether oxygens (including phenoxy) is 2. The summed E-state index contributed by atoms with van der Waals surface area (Å²) in [7, 11) is 0. The van der Waals surface area contributed by atoms with Crippen LogP contribution in [0.1, 0.15) is 55.4 Å². The molecule has 2 unspecified atom stereocenters. The van der Waals surface area contributed by atoms with Crippen LogP contribution >= 0.6 is 0 Å². The fraction of sp³-hybridized carbons (Fsp3) is 0.722. The molecule has 0 radical (unpaired) electrons. The Labute approximate surface area is 153 Å². The minimum Gasteiger partial charge on any atom is -0.446 e. The Kier molecular flexibility index (Phi) is 6.62. The number of nitrogens with zero attached hydrogens (tertiary/aromatic N) is 2. The Bertz CT molecular complexity index is 606. The van der Waals surface area contributed by atoms with Gasteiger partial charge in [0.2, 0.25) is 11.8 Å². The Morgan fingerprint density at radius 3 is 2.62 bits per heavy atom. The van der Waals surface area contributed by atoms with Crippen LogP contribution in [0.25, 0.3) is 0 Å². The first-order valence-electron chi connectivity index (χ1n) is 9.39. The maximum Gasteiger partial charge on any atom is 0.273 e. The summed E-state index contributed by atoms with van der Waals surface area (Å²) in [6, 6.07) is 0. The first-order chi connectivity index (χ1) is 12.7. The Balaban J connectivity index is 1.54. The van der Waals surface area contributed by atoms with Crippen molar-refractivity contribution in [1.82, 2.24) is 15.2 Å². The number of rotatable bonds is 8. The van der Waals surface area contributed by atoms with E-state index in [0.717, 1.165) is 38.9 Å². The second-order valence-corrected chi connectivity index (χ2v) is 6.73. The van der Waals surface area contributed by atoms with Gasteiger partial charge in [-0.2, -0.15) is 0 Å². The van der Waals surface area contributed by atoms with Gasteiger partial charge in [0.1, 0.15) is 6.26 Å². The molecule has 2 aliphatic heterocycles. The summed E-state index contributed by atoms with van der Waals surface area (Å²) < 4.78 is 16.5. The molecule has 144 valence electrons. The van der Waals surface area contributed by atoms with E-state index in [4.69, 9.17) is 13.9 Å². The molecule has 1 N–H and O–H groups in total. The molecule has 1 aromatic rings. The maximum absolute atomic E-state index is 12.2. The molecule has 2 aliphatic rings. The molecule has 0 bridgehead atoms. The van der Waals surface area contributed by atoms with Crippen molar-refractivity contribution in [2.45, 2.75) is 57.8 Å².